The summed E-state index contributed by atoms with van der Waals surface area (Å²) in [5, 5.41) is 18.9. The molecule has 0 heterocycles. The van der Waals surface area contributed by atoms with Crippen molar-refractivity contribution in [3.05, 3.63) is 64.7 Å². The fraction of sp³-hybridized carbons (Fsp3) is 0.278. The molecule has 24 heavy (non-hydrogen) atoms. The molecule has 0 aromatic heterocycles. The predicted octanol–water partition coefficient (Wildman–Crippen LogP) is 3.09. The molecule has 1 aliphatic carbocycles. The van der Waals surface area contributed by atoms with Crippen LogP contribution in [0, 0.1) is 23.7 Å². The molecule has 0 spiro atoms. The van der Waals surface area contributed by atoms with Gasteiger partial charge in [0, 0.05) is 10.9 Å². The minimum atomic E-state index is -3.74. The molecule has 0 amide bonds. The van der Waals surface area contributed by atoms with E-state index in [9.17, 15) is 18.8 Å². The lowest BCUT2D eigenvalue weighted by molar-refractivity contribution is 0.242. The number of sulfone groups is 1. The zero-order valence-corrected chi connectivity index (χ0v) is 14.6. The molecule has 3 atom stereocenters. The first kappa shape index (κ1) is 17.0. The van der Waals surface area contributed by atoms with Crippen molar-refractivity contribution >= 4 is 21.4 Å². The molecule has 2 aromatic rings. The average Bonchev–Trinajstić information content (AvgIpc) is 3.26. The number of aryl methyl sites for hydroxylation is 1. The standard InChI is InChI=1S/C18H16ClNO3S/c1-12-2-8-15(9-3-12)24(22,23)17-16(18(17,10-20)11-21)13-4-6-14(19)7-5-13/h2-9,16-17,21H,11H2,1H3/t16-,17+,18-/m0/s1. The Morgan fingerprint density at radius 1 is 1.17 bits per heavy atom. The van der Waals surface area contributed by atoms with E-state index in [-0.39, 0.29) is 4.90 Å². The van der Waals surface area contributed by atoms with E-state index in [1.165, 1.54) is 0 Å². The van der Waals surface area contributed by atoms with Crippen molar-refractivity contribution in [2.75, 3.05) is 6.61 Å². The highest BCUT2D eigenvalue weighted by atomic mass is 35.5. The summed E-state index contributed by atoms with van der Waals surface area (Å²) >= 11 is 5.88. The van der Waals surface area contributed by atoms with Crippen molar-refractivity contribution < 1.29 is 13.5 Å². The smallest absolute Gasteiger partial charge is 0.183 e. The van der Waals surface area contributed by atoms with Gasteiger partial charge in [-0.15, -0.1) is 0 Å². The fourth-order valence-corrected chi connectivity index (χ4v) is 5.68. The largest absolute Gasteiger partial charge is 0.395 e. The summed E-state index contributed by atoms with van der Waals surface area (Å²) in [4.78, 5) is 0.169. The number of hydrogen-bond acceptors (Lipinski definition) is 4. The lowest BCUT2D eigenvalue weighted by Gasteiger charge is -2.06. The zero-order chi connectivity index (χ0) is 17.5. The molecule has 0 saturated heterocycles. The van der Waals surface area contributed by atoms with E-state index in [1.54, 1.807) is 48.5 Å². The van der Waals surface area contributed by atoms with Gasteiger partial charge in [-0.3, -0.25) is 0 Å². The molecule has 0 aliphatic heterocycles. The van der Waals surface area contributed by atoms with Crippen LogP contribution in [0.4, 0.5) is 0 Å². The van der Waals surface area contributed by atoms with Crippen LogP contribution < -0.4 is 0 Å². The molecule has 2 aromatic carbocycles. The molecule has 3 rings (SSSR count). The molecular formula is C18H16ClNO3S. The summed E-state index contributed by atoms with van der Waals surface area (Å²) in [5.74, 6) is -0.573. The van der Waals surface area contributed by atoms with E-state index in [0.29, 0.717) is 10.6 Å². The third-order valence-electron chi connectivity index (χ3n) is 4.64. The third kappa shape index (κ3) is 2.51. The summed E-state index contributed by atoms with van der Waals surface area (Å²) in [6.07, 6.45) is 0. The highest BCUT2D eigenvalue weighted by molar-refractivity contribution is 7.92. The number of rotatable bonds is 4. The van der Waals surface area contributed by atoms with Crippen molar-refractivity contribution in [3.63, 3.8) is 0 Å². The first-order chi connectivity index (χ1) is 11.4. The number of aliphatic hydroxyl groups is 1. The van der Waals surface area contributed by atoms with Gasteiger partial charge in [0.2, 0.25) is 0 Å². The molecule has 0 bridgehead atoms. The van der Waals surface area contributed by atoms with Crippen LogP contribution in [-0.2, 0) is 9.84 Å². The number of nitrogens with zero attached hydrogens (tertiary/aromatic N) is 1. The van der Waals surface area contributed by atoms with Gasteiger partial charge in [0.15, 0.2) is 9.84 Å². The van der Waals surface area contributed by atoms with Crippen LogP contribution in [0.5, 0.6) is 0 Å². The van der Waals surface area contributed by atoms with Gasteiger partial charge in [0.25, 0.3) is 0 Å². The SMILES string of the molecule is Cc1ccc(S(=O)(=O)[C@@H]2[C@H](c3ccc(Cl)cc3)[C@]2(C#N)CO)cc1. The van der Waals surface area contributed by atoms with Crippen molar-refractivity contribution in [2.45, 2.75) is 23.0 Å². The summed E-state index contributed by atoms with van der Waals surface area (Å²) in [7, 11) is -3.74. The Balaban J connectivity index is 2.06. The molecule has 1 N–H and O–H groups in total. The Hall–Kier alpha value is -1.87. The van der Waals surface area contributed by atoms with Crippen molar-refractivity contribution in [1.29, 1.82) is 5.26 Å². The summed E-state index contributed by atoms with van der Waals surface area (Å²) < 4.78 is 26.0. The maximum Gasteiger partial charge on any atom is 0.183 e. The van der Waals surface area contributed by atoms with E-state index in [1.807, 2.05) is 13.0 Å². The molecule has 6 heteroatoms. The summed E-state index contributed by atoms with van der Waals surface area (Å²) in [6.45, 7) is 1.36. The molecule has 1 aliphatic rings. The minimum absolute atomic E-state index is 0.169. The van der Waals surface area contributed by atoms with Crippen molar-refractivity contribution in [2.24, 2.45) is 5.41 Å². The van der Waals surface area contributed by atoms with Gasteiger partial charge < -0.3 is 5.11 Å². The van der Waals surface area contributed by atoms with Crippen molar-refractivity contribution in [1.82, 2.24) is 0 Å². The molecular weight excluding hydrogens is 346 g/mol. The number of benzene rings is 2. The lowest BCUT2D eigenvalue weighted by atomic mass is 10.0. The van der Waals surface area contributed by atoms with Gasteiger partial charge >= 0.3 is 0 Å². The van der Waals surface area contributed by atoms with Crippen LogP contribution in [0.15, 0.2) is 53.4 Å². The molecule has 0 unspecified atom stereocenters. The molecule has 1 saturated carbocycles. The average molecular weight is 362 g/mol. The van der Waals surface area contributed by atoms with Crippen LogP contribution in [-0.4, -0.2) is 25.4 Å². The van der Waals surface area contributed by atoms with E-state index >= 15 is 0 Å². The zero-order valence-electron chi connectivity index (χ0n) is 13.0. The Morgan fingerprint density at radius 3 is 2.25 bits per heavy atom. The molecule has 1 fully saturated rings. The fourth-order valence-electron chi connectivity index (χ4n) is 3.23. The van der Waals surface area contributed by atoms with Crippen molar-refractivity contribution in [3.8, 4) is 6.07 Å². The Morgan fingerprint density at radius 2 is 1.75 bits per heavy atom. The van der Waals surface area contributed by atoms with Crippen LogP contribution in [0.25, 0.3) is 0 Å². The second-order valence-electron chi connectivity index (χ2n) is 6.12. The maximum absolute atomic E-state index is 13.0. The molecule has 4 nitrogen and oxygen atoms in total. The maximum atomic E-state index is 13.0. The third-order valence-corrected chi connectivity index (χ3v) is 7.18. The van der Waals surface area contributed by atoms with Gasteiger partial charge in [-0.2, -0.15) is 5.26 Å². The van der Waals surface area contributed by atoms with Crippen LogP contribution in [0.3, 0.4) is 0 Å². The van der Waals surface area contributed by atoms with Gasteiger partial charge in [0.05, 0.1) is 22.8 Å². The van der Waals surface area contributed by atoms with Crippen LogP contribution in [0.2, 0.25) is 5.02 Å². The van der Waals surface area contributed by atoms with Gasteiger partial charge in [-0.25, -0.2) is 8.42 Å². The lowest BCUT2D eigenvalue weighted by Crippen LogP contribution is -2.18. The van der Waals surface area contributed by atoms with E-state index in [2.05, 4.69) is 0 Å². The van der Waals surface area contributed by atoms with E-state index < -0.39 is 33.0 Å². The normalized spacial score (nSPS) is 25.9. The van der Waals surface area contributed by atoms with Crippen LogP contribution in [0.1, 0.15) is 17.0 Å². The molecule has 0 radical (unpaired) electrons. The first-order valence-electron chi connectivity index (χ1n) is 7.45. The number of hydrogen-bond donors (Lipinski definition) is 1. The second-order valence-corrected chi connectivity index (χ2v) is 8.62. The minimum Gasteiger partial charge on any atom is -0.395 e. The second kappa shape index (κ2) is 5.89. The van der Waals surface area contributed by atoms with Gasteiger partial charge in [0.1, 0.15) is 5.41 Å². The highest BCUT2D eigenvalue weighted by Gasteiger charge is 2.72. The monoisotopic (exact) mass is 361 g/mol. The quantitative estimate of drug-likeness (QED) is 0.907. The van der Waals surface area contributed by atoms with Gasteiger partial charge in [-0.05, 0) is 36.8 Å². The highest BCUT2D eigenvalue weighted by Crippen LogP contribution is 2.63. The molecule has 124 valence electrons. The number of halogens is 1. The van der Waals surface area contributed by atoms with E-state index in [0.717, 1.165) is 5.56 Å². The Bertz CT molecular complexity index is 901. The summed E-state index contributed by atoms with van der Waals surface area (Å²) in [5.41, 5.74) is 0.320. The van der Waals surface area contributed by atoms with Crippen LogP contribution >= 0.6 is 11.6 Å². The Kier molecular flexibility index (Phi) is 4.16. The first-order valence-corrected chi connectivity index (χ1v) is 9.37. The van der Waals surface area contributed by atoms with Gasteiger partial charge in [-0.1, -0.05) is 41.4 Å². The predicted molar refractivity (Wildman–Crippen MR) is 91.5 cm³/mol. The number of aliphatic hydroxyl groups excluding tert-OH is 1. The van der Waals surface area contributed by atoms with E-state index in [4.69, 9.17) is 11.6 Å². The summed E-state index contributed by atoms with van der Waals surface area (Å²) in [6, 6.07) is 15.3. The Labute approximate surface area is 146 Å². The number of nitriles is 1. The topological polar surface area (TPSA) is 78.2 Å².